The molecule has 3 aromatic rings. The Balaban J connectivity index is 1.28. The summed E-state index contributed by atoms with van der Waals surface area (Å²) in [7, 11) is 0. The Morgan fingerprint density at radius 3 is 1.80 bits per heavy atom. The van der Waals surface area contributed by atoms with Gasteiger partial charge in [0.1, 0.15) is 17.4 Å². The van der Waals surface area contributed by atoms with Gasteiger partial charge in [-0.1, -0.05) is 57.2 Å². The maximum atomic E-state index is 13.6. The molecule has 35 heavy (non-hydrogen) atoms. The molecule has 0 unspecified atom stereocenters. The molecule has 1 aliphatic rings. The van der Waals surface area contributed by atoms with E-state index >= 15 is 0 Å². The van der Waals surface area contributed by atoms with Gasteiger partial charge in [-0.15, -0.1) is 0 Å². The van der Waals surface area contributed by atoms with E-state index < -0.39 is 0 Å². The highest BCUT2D eigenvalue weighted by Gasteiger charge is 2.29. The smallest absolute Gasteiger partial charge is 0.123 e. The molecule has 0 spiro atoms. The highest BCUT2D eigenvalue weighted by Crippen LogP contribution is 2.38. The highest BCUT2D eigenvalue weighted by atomic mass is 19.1. The Morgan fingerprint density at radius 1 is 0.800 bits per heavy atom. The molecule has 2 nitrogen and oxygen atoms in total. The van der Waals surface area contributed by atoms with Gasteiger partial charge in [-0.2, -0.15) is 0 Å². The summed E-state index contributed by atoms with van der Waals surface area (Å²) in [6.45, 7) is 10.4. The van der Waals surface area contributed by atoms with E-state index in [2.05, 4.69) is 49.9 Å². The van der Waals surface area contributed by atoms with Crippen LogP contribution in [0.2, 0.25) is 0 Å². The van der Waals surface area contributed by atoms with Crippen molar-refractivity contribution >= 4 is 0 Å². The van der Waals surface area contributed by atoms with Gasteiger partial charge < -0.3 is 9.64 Å². The van der Waals surface area contributed by atoms with Gasteiger partial charge in [0.25, 0.3) is 0 Å². The van der Waals surface area contributed by atoms with Crippen molar-refractivity contribution in [1.82, 2.24) is 4.90 Å². The highest BCUT2D eigenvalue weighted by molar-refractivity contribution is 5.34. The molecule has 1 aliphatic heterocycles. The van der Waals surface area contributed by atoms with Crippen molar-refractivity contribution in [2.24, 2.45) is 5.92 Å². The second-order valence-electron chi connectivity index (χ2n) is 10.7. The van der Waals surface area contributed by atoms with Crippen molar-refractivity contribution in [3.8, 4) is 5.75 Å². The lowest BCUT2D eigenvalue weighted by Gasteiger charge is -2.36. The van der Waals surface area contributed by atoms with Crippen LogP contribution >= 0.6 is 0 Å². The van der Waals surface area contributed by atoms with Crippen molar-refractivity contribution < 1.29 is 13.5 Å². The fraction of sp³-hybridized carbons (Fsp3) is 0.419. The normalized spacial score (nSPS) is 15.5. The molecule has 186 valence electrons. The molecule has 0 bridgehead atoms. The van der Waals surface area contributed by atoms with Gasteiger partial charge in [-0.25, -0.2) is 8.78 Å². The second-order valence-corrected chi connectivity index (χ2v) is 10.7. The van der Waals surface area contributed by atoms with Crippen LogP contribution in [-0.4, -0.2) is 31.1 Å². The summed E-state index contributed by atoms with van der Waals surface area (Å²) in [6.07, 6.45) is 3.12. The molecular formula is C31H37F2NO. The third kappa shape index (κ3) is 6.91. The fourth-order valence-corrected chi connectivity index (χ4v) is 5.12. The van der Waals surface area contributed by atoms with E-state index in [1.54, 1.807) is 0 Å². The molecule has 1 heterocycles. The Bertz CT molecular complexity index is 1000. The summed E-state index contributed by atoms with van der Waals surface area (Å²) in [5.41, 5.74) is 3.66. The number of nitrogens with zero attached hydrogens (tertiary/aromatic N) is 1. The predicted molar refractivity (Wildman–Crippen MR) is 139 cm³/mol. The van der Waals surface area contributed by atoms with Gasteiger partial charge in [0, 0.05) is 12.5 Å². The summed E-state index contributed by atoms with van der Waals surface area (Å²) in [4.78, 5) is 2.51. The quantitative estimate of drug-likeness (QED) is 0.310. The van der Waals surface area contributed by atoms with Crippen molar-refractivity contribution in [3.05, 3.63) is 101 Å². The number of benzene rings is 3. The van der Waals surface area contributed by atoms with Crippen LogP contribution in [0.4, 0.5) is 8.78 Å². The molecule has 0 aliphatic carbocycles. The largest absolute Gasteiger partial charge is 0.494 e. The Morgan fingerprint density at radius 2 is 1.31 bits per heavy atom. The van der Waals surface area contributed by atoms with E-state index in [-0.39, 0.29) is 23.0 Å². The van der Waals surface area contributed by atoms with Gasteiger partial charge in [0.05, 0.1) is 6.61 Å². The average molecular weight is 478 g/mol. The number of hydrogen-bond donors (Lipinski definition) is 0. The van der Waals surface area contributed by atoms with Gasteiger partial charge >= 0.3 is 0 Å². The van der Waals surface area contributed by atoms with Crippen molar-refractivity contribution in [2.75, 3.05) is 26.2 Å². The maximum Gasteiger partial charge on any atom is 0.123 e. The van der Waals surface area contributed by atoms with Crippen LogP contribution in [0.3, 0.4) is 0 Å². The van der Waals surface area contributed by atoms with E-state index in [1.807, 2.05) is 24.3 Å². The lowest BCUT2D eigenvalue weighted by atomic mass is 9.76. The van der Waals surface area contributed by atoms with Crippen LogP contribution < -0.4 is 4.74 Å². The van der Waals surface area contributed by atoms with Crippen molar-refractivity contribution in [3.63, 3.8) is 0 Å². The number of rotatable bonds is 8. The third-order valence-corrected chi connectivity index (χ3v) is 7.17. The first-order valence-corrected chi connectivity index (χ1v) is 12.8. The number of ether oxygens (including phenoxy) is 1. The molecule has 0 aromatic heterocycles. The molecule has 0 radical (unpaired) electrons. The minimum atomic E-state index is -0.228. The Kier molecular flexibility index (Phi) is 8.22. The van der Waals surface area contributed by atoms with E-state index in [1.165, 1.54) is 29.8 Å². The van der Waals surface area contributed by atoms with Gasteiger partial charge in [-0.05, 0) is 96.8 Å². The Hall–Kier alpha value is -2.72. The fourth-order valence-electron chi connectivity index (χ4n) is 5.12. The van der Waals surface area contributed by atoms with Crippen LogP contribution in [0, 0.1) is 17.6 Å². The molecule has 3 aromatic carbocycles. The average Bonchev–Trinajstić information content (AvgIpc) is 2.85. The standard InChI is InChI=1S/C31H37F2NO/c1-31(2,3)26-9-15-29(16-10-26)35-22-4-19-34-20-17-25(18-21-34)30(23-5-11-27(32)12-6-23)24-7-13-28(33)14-8-24/h5-16,25,30H,4,17-22H2,1-3H3. The second kappa shape index (κ2) is 11.3. The number of likely N-dealkylation sites (tertiary alicyclic amines) is 1. The van der Waals surface area contributed by atoms with E-state index in [0.717, 1.165) is 55.8 Å². The molecule has 0 atom stereocenters. The zero-order valence-electron chi connectivity index (χ0n) is 21.1. The van der Waals surface area contributed by atoms with Gasteiger partial charge in [0.2, 0.25) is 0 Å². The summed E-state index contributed by atoms with van der Waals surface area (Å²) < 4.78 is 33.1. The van der Waals surface area contributed by atoms with E-state index in [4.69, 9.17) is 4.74 Å². The number of piperidine rings is 1. The zero-order chi connectivity index (χ0) is 24.8. The predicted octanol–water partition coefficient (Wildman–Crippen LogP) is 7.58. The molecular weight excluding hydrogens is 440 g/mol. The maximum absolute atomic E-state index is 13.6. The molecule has 0 amide bonds. The minimum absolute atomic E-state index is 0.150. The number of hydrogen-bond acceptors (Lipinski definition) is 2. The first-order chi connectivity index (χ1) is 16.8. The molecule has 4 heteroatoms. The van der Waals surface area contributed by atoms with Crippen molar-refractivity contribution in [1.29, 1.82) is 0 Å². The van der Waals surface area contributed by atoms with E-state index in [0.29, 0.717) is 12.5 Å². The number of halogens is 2. The summed E-state index contributed by atoms with van der Waals surface area (Å²) in [5, 5.41) is 0. The molecule has 1 saturated heterocycles. The van der Waals surface area contributed by atoms with Crippen LogP contribution in [0.25, 0.3) is 0 Å². The zero-order valence-corrected chi connectivity index (χ0v) is 21.1. The lowest BCUT2D eigenvalue weighted by Crippen LogP contribution is -2.36. The van der Waals surface area contributed by atoms with E-state index in [9.17, 15) is 8.78 Å². The van der Waals surface area contributed by atoms with Crippen LogP contribution in [0.5, 0.6) is 5.75 Å². The Labute approximate surface area is 208 Å². The first-order valence-electron chi connectivity index (χ1n) is 12.8. The monoisotopic (exact) mass is 477 g/mol. The molecule has 1 fully saturated rings. The van der Waals surface area contributed by atoms with Crippen LogP contribution in [0.1, 0.15) is 62.6 Å². The SMILES string of the molecule is CC(C)(C)c1ccc(OCCCN2CCC(C(c3ccc(F)cc3)c3ccc(F)cc3)CC2)cc1. The van der Waals surface area contributed by atoms with Crippen LogP contribution in [-0.2, 0) is 5.41 Å². The topological polar surface area (TPSA) is 12.5 Å². The third-order valence-electron chi connectivity index (χ3n) is 7.17. The summed E-state index contributed by atoms with van der Waals surface area (Å²) >= 11 is 0. The molecule has 0 N–H and O–H groups in total. The van der Waals surface area contributed by atoms with Crippen LogP contribution in [0.15, 0.2) is 72.8 Å². The molecule has 0 saturated carbocycles. The van der Waals surface area contributed by atoms with Gasteiger partial charge in [-0.3, -0.25) is 0 Å². The van der Waals surface area contributed by atoms with Gasteiger partial charge in [0.15, 0.2) is 0 Å². The molecule has 4 rings (SSSR count). The summed E-state index contributed by atoms with van der Waals surface area (Å²) in [5.74, 6) is 1.07. The minimum Gasteiger partial charge on any atom is -0.494 e. The van der Waals surface area contributed by atoms with Crippen molar-refractivity contribution in [2.45, 2.75) is 51.4 Å². The summed E-state index contributed by atoms with van der Waals surface area (Å²) in [6, 6.07) is 22.0. The lowest BCUT2D eigenvalue weighted by molar-refractivity contribution is 0.163. The first kappa shape index (κ1) is 25.4.